The first-order chi connectivity index (χ1) is 7.86. The van der Waals surface area contributed by atoms with E-state index in [0.717, 1.165) is 31.8 Å². The van der Waals surface area contributed by atoms with Gasteiger partial charge in [-0.3, -0.25) is 4.40 Å². The van der Waals surface area contributed by atoms with Crippen LogP contribution in [0.1, 0.15) is 24.6 Å². The Hall–Kier alpha value is -1.49. The van der Waals surface area contributed by atoms with E-state index in [1.54, 1.807) is 12.1 Å². The molecule has 2 aromatic heterocycles. The van der Waals surface area contributed by atoms with Crippen LogP contribution in [0.15, 0.2) is 18.2 Å². The molecule has 1 aliphatic rings. The smallest absolute Gasteiger partial charge is 0.200 e. The van der Waals surface area contributed by atoms with Crippen molar-refractivity contribution >= 4 is 5.65 Å². The molecular weight excluding hydrogens is 207 g/mol. The number of hydrogen-bond acceptors (Lipinski definition) is 3. The second-order valence-corrected chi connectivity index (χ2v) is 4.14. The van der Waals surface area contributed by atoms with Gasteiger partial charge >= 0.3 is 0 Å². The van der Waals surface area contributed by atoms with Crippen LogP contribution in [0.3, 0.4) is 0 Å². The molecular formula is C11H13FN4. The van der Waals surface area contributed by atoms with Gasteiger partial charge in [0.05, 0.1) is 0 Å². The maximum Gasteiger partial charge on any atom is 0.200 e. The zero-order valence-electron chi connectivity index (χ0n) is 8.86. The standard InChI is InChI=1S/C11H13FN4/c12-9-4-1-5-10-14-15-11(16(9)10)8-3-2-6-13-7-8/h1,4-5,8,13H,2-3,6-7H2. The fourth-order valence-corrected chi connectivity index (χ4v) is 2.26. The van der Waals surface area contributed by atoms with E-state index < -0.39 is 0 Å². The van der Waals surface area contributed by atoms with Gasteiger partial charge in [-0.1, -0.05) is 6.07 Å². The molecule has 84 valence electrons. The van der Waals surface area contributed by atoms with Gasteiger partial charge in [-0.2, -0.15) is 4.39 Å². The average Bonchev–Trinajstić information content (AvgIpc) is 2.75. The van der Waals surface area contributed by atoms with Crippen molar-refractivity contribution in [2.45, 2.75) is 18.8 Å². The number of nitrogens with one attached hydrogen (secondary N) is 1. The molecule has 0 amide bonds. The number of rotatable bonds is 1. The van der Waals surface area contributed by atoms with Crippen LogP contribution < -0.4 is 5.32 Å². The van der Waals surface area contributed by atoms with E-state index in [9.17, 15) is 4.39 Å². The van der Waals surface area contributed by atoms with E-state index in [1.165, 1.54) is 10.5 Å². The zero-order chi connectivity index (χ0) is 11.0. The Morgan fingerprint density at radius 1 is 1.38 bits per heavy atom. The first-order valence-electron chi connectivity index (χ1n) is 5.56. The third kappa shape index (κ3) is 1.48. The van der Waals surface area contributed by atoms with Gasteiger partial charge in [-0.05, 0) is 31.5 Å². The lowest BCUT2D eigenvalue weighted by Gasteiger charge is -2.21. The number of piperidine rings is 1. The van der Waals surface area contributed by atoms with Crippen LogP contribution in [0.2, 0.25) is 0 Å². The van der Waals surface area contributed by atoms with E-state index in [1.807, 2.05) is 0 Å². The minimum absolute atomic E-state index is 0.264. The molecule has 3 rings (SSSR count). The highest BCUT2D eigenvalue weighted by molar-refractivity contribution is 5.38. The van der Waals surface area contributed by atoms with E-state index >= 15 is 0 Å². The first kappa shape index (κ1) is 9.72. The molecule has 0 saturated carbocycles. The molecule has 1 saturated heterocycles. The van der Waals surface area contributed by atoms with Gasteiger partial charge in [0.1, 0.15) is 5.82 Å². The second kappa shape index (κ2) is 3.83. The Bertz CT molecular complexity index is 502. The minimum Gasteiger partial charge on any atom is -0.316 e. The fraction of sp³-hybridized carbons (Fsp3) is 0.455. The molecule has 1 aliphatic heterocycles. The van der Waals surface area contributed by atoms with Crippen molar-refractivity contribution in [2.24, 2.45) is 0 Å². The van der Waals surface area contributed by atoms with Crippen LogP contribution in [0.5, 0.6) is 0 Å². The summed E-state index contributed by atoms with van der Waals surface area (Å²) in [6.45, 7) is 1.89. The minimum atomic E-state index is -0.289. The van der Waals surface area contributed by atoms with Crippen LogP contribution in [-0.4, -0.2) is 27.7 Å². The van der Waals surface area contributed by atoms with Gasteiger partial charge in [-0.15, -0.1) is 10.2 Å². The van der Waals surface area contributed by atoms with Gasteiger partial charge in [0.2, 0.25) is 5.95 Å². The van der Waals surface area contributed by atoms with Gasteiger partial charge in [-0.25, -0.2) is 0 Å². The monoisotopic (exact) mass is 220 g/mol. The fourth-order valence-electron chi connectivity index (χ4n) is 2.26. The van der Waals surface area contributed by atoms with Gasteiger partial charge in [0.25, 0.3) is 0 Å². The maximum absolute atomic E-state index is 13.7. The number of pyridine rings is 1. The third-order valence-electron chi connectivity index (χ3n) is 3.07. The lowest BCUT2D eigenvalue weighted by molar-refractivity contribution is 0.435. The predicted octanol–water partition coefficient (Wildman–Crippen LogP) is 1.34. The van der Waals surface area contributed by atoms with E-state index in [2.05, 4.69) is 15.5 Å². The molecule has 0 radical (unpaired) electrons. The third-order valence-corrected chi connectivity index (χ3v) is 3.07. The Balaban J connectivity index is 2.09. The van der Waals surface area contributed by atoms with E-state index in [-0.39, 0.29) is 11.9 Å². The van der Waals surface area contributed by atoms with Gasteiger partial charge in [0, 0.05) is 12.5 Å². The summed E-state index contributed by atoms with van der Waals surface area (Å²) in [7, 11) is 0. The summed E-state index contributed by atoms with van der Waals surface area (Å²) in [6.07, 6.45) is 2.15. The van der Waals surface area contributed by atoms with Gasteiger partial charge in [0.15, 0.2) is 5.65 Å². The number of fused-ring (bicyclic) bond motifs is 1. The molecule has 0 aliphatic carbocycles. The molecule has 3 heterocycles. The largest absolute Gasteiger partial charge is 0.316 e. The molecule has 1 N–H and O–H groups in total. The van der Waals surface area contributed by atoms with Crippen LogP contribution in [0.25, 0.3) is 5.65 Å². The quantitative estimate of drug-likeness (QED) is 0.737. The summed E-state index contributed by atoms with van der Waals surface area (Å²) in [5.41, 5.74) is 0.584. The first-order valence-corrected chi connectivity index (χ1v) is 5.56. The Morgan fingerprint density at radius 2 is 2.31 bits per heavy atom. The molecule has 16 heavy (non-hydrogen) atoms. The summed E-state index contributed by atoms with van der Waals surface area (Å²) in [5, 5.41) is 11.4. The molecule has 4 nitrogen and oxygen atoms in total. The van der Waals surface area contributed by atoms with E-state index in [0.29, 0.717) is 5.65 Å². The van der Waals surface area contributed by atoms with Gasteiger partial charge < -0.3 is 5.32 Å². The van der Waals surface area contributed by atoms with Crippen LogP contribution in [-0.2, 0) is 0 Å². The van der Waals surface area contributed by atoms with Crippen molar-refractivity contribution in [3.8, 4) is 0 Å². The molecule has 0 bridgehead atoms. The average molecular weight is 220 g/mol. The summed E-state index contributed by atoms with van der Waals surface area (Å²) in [6, 6.07) is 4.87. The van der Waals surface area contributed by atoms with Crippen LogP contribution in [0.4, 0.5) is 4.39 Å². The van der Waals surface area contributed by atoms with Crippen LogP contribution >= 0.6 is 0 Å². The van der Waals surface area contributed by atoms with Crippen molar-refractivity contribution < 1.29 is 4.39 Å². The zero-order valence-corrected chi connectivity index (χ0v) is 8.86. The highest BCUT2D eigenvalue weighted by Crippen LogP contribution is 2.22. The Morgan fingerprint density at radius 3 is 3.12 bits per heavy atom. The molecule has 0 aromatic carbocycles. The summed E-state index contributed by atoms with van der Waals surface area (Å²) in [4.78, 5) is 0. The van der Waals surface area contributed by atoms with Crippen molar-refractivity contribution in [1.82, 2.24) is 19.9 Å². The van der Waals surface area contributed by atoms with Crippen molar-refractivity contribution in [2.75, 3.05) is 13.1 Å². The molecule has 1 unspecified atom stereocenters. The second-order valence-electron chi connectivity index (χ2n) is 4.14. The molecule has 2 aromatic rings. The maximum atomic E-state index is 13.7. The topological polar surface area (TPSA) is 42.2 Å². The number of hydrogen-bond donors (Lipinski definition) is 1. The van der Waals surface area contributed by atoms with Crippen molar-refractivity contribution in [3.05, 3.63) is 30.0 Å². The van der Waals surface area contributed by atoms with E-state index in [4.69, 9.17) is 0 Å². The molecule has 1 fully saturated rings. The normalized spacial score (nSPS) is 21.4. The predicted molar refractivity (Wildman–Crippen MR) is 57.8 cm³/mol. The summed E-state index contributed by atoms with van der Waals surface area (Å²) in [5.74, 6) is 0.712. The lowest BCUT2D eigenvalue weighted by Crippen LogP contribution is -2.29. The SMILES string of the molecule is Fc1cccc2nnc(C3CCCNC3)n12. The molecule has 5 heteroatoms. The molecule has 1 atom stereocenters. The highest BCUT2D eigenvalue weighted by atomic mass is 19.1. The Kier molecular flexibility index (Phi) is 2.32. The summed E-state index contributed by atoms with van der Waals surface area (Å²) >= 11 is 0. The lowest BCUT2D eigenvalue weighted by atomic mass is 9.99. The van der Waals surface area contributed by atoms with Crippen molar-refractivity contribution in [3.63, 3.8) is 0 Å². The summed E-state index contributed by atoms with van der Waals surface area (Å²) < 4.78 is 15.2. The number of nitrogens with zero attached hydrogens (tertiary/aromatic N) is 3. The molecule has 0 spiro atoms. The Labute approximate surface area is 92.5 Å². The highest BCUT2D eigenvalue weighted by Gasteiger charge is 2.21. The number of halogens is 1. The van der Waals surface area contributed by atoms with Crippen LogP contribution in [0, 0.1) is 5.95 Å². The van der Waals surface area contributed by atoms with Crippen molar-refractivity contribution in [1.29, 1.82) is 0 Å². The number of aromatic nitrogens is 3.